The molecule has 0 N–H and O–H groups in total. The van der Waals surface area contributed by atoms with Crippen molar-refractivity contribution in [1.29, 1.82) is 0 Å². The quantitative estimate of drug-likeness (QED) is 0.226. The normalized spacial score (nSPS) is 15.6. The van der Waals surface area contributed by atoms with Crippen LogP contribution in [0.25, 0.3) is 11.1 Å². The van der Waals surface area contributed by atoms with Gasteiger partial charge < -0.3 is 4.74 Å². The van der Waals surface area contributed by atoms with E-state index in [1.165, 1.54) is 18.2 Å². The highest BCUT2D eigenvalue weighted by atomic mass is 35.5. The lowest BCUT2D eigenvalue weighted by Crippen LogP contribution is -2.34. The Morgan fingerprint density at radius 2 is 1.78 bits per heavy atom. The molecule has 0 bridgehead atoms. The van der Waals surface area contributed by atoms with Crippen LogP contribution in [-0.2, 0) is 6.54 Å². The van der Waals surface area contributed by atoms with Crippen LogP contribution in [-0.4, -0.2) is 32.8 Å². The number of hydrogen-bond donors (Lipinski definition) is 0. The summed E-state index contributed by atoms with van der Waals surface area (Å²) in [6.45, 7) is 4.13. The predicted molar refractivity (Wildman–Crippen MR) is 141 cm³/mol. The monoisotopic (exact) mass is 542 g/mol. The van der Waals surface area contributed by atoms with Crippen LogP contribution in [0.1, 0.15) is 43.0 Å². The highest BCUT2D eigenvalue weighted by Gasteiger charge is 2.23. The first kappa shape index (κ1) is 25.6. The van der Waals surface area contributed by atoms with Crippen molar-refractivity contribution in [1.82, 2.24) is 19.7 Å². The van der Waals surface area contributed by atoms with Gasteiger partial charge >= 0.3 is 0 Å². The maximum Gasteiger partial charge on any atom is 0.142 e. The number of halogens is 4. The molecule has 0 radical (unpaired) electrons. The Hall–Kier alpha value is -3.00. The second-order valence-electron chi connectivity index (χ2n) is 9.23. The maximum absolute atomic E-state index is 14.0. The topological polar surface area (TPSA) is 43.2 Å². The van der Waals surface area contributed by atoms with Gasteiger partial charge in [0.2, 0.25) is 0 Å². The smallest absolute Gasteiger partial charge is 0.142 e. The van der Waals surface area contributed by atoms with Crippen molar-refractivity contribution in [2.45, 2.75) is 38.5 Å². The number of ether oxygens (including phenoxy) is 1. The number of aromatic nitrogens is 3. The van der Waals surface area contributed by atoms with Gasteiger partial charge in [-0.25, -0.2) is 8.78 Å². The zero-order valence-corrected chi connectivity index (χ0v) is 21.8. The van der Waals surface area contributed by atoms with E-state index in [2.05, 4.69) is 15.0 Å². The van der Waals surface area contributed by atoms with Gasteiger partial charge in [-0.05, 0) is 44.0 Å². The molecule has 0 unspecified atom stereocenters. The summed E-state index contributed by atoms with van der Waals surface area (Å²) >= 11 is 12.4. The molecular formula is C28H26Cl2F2N4O. The molecule has 9 heteroatoms. The van der Waals surface area contributed by atoms with E-state index in [0.717, 1.165) is 42.6 Å². The van der Waals surface area contributed by atoms with Crippen LogP contribution in [0, 0.1) is 11.6 Å². The van der Waals surface area contributed by atoms with E-state index in [1.807, 2.05) is 35.3 Å². The van der Waals surface area contributed by atoms with E-state index in [0.29, 0.717) is 22.9 Å². The van der Waals surface area contributed by atoms with Gasteiger partial charge in [-0.15, -0.1) is 0 Å². The van der Waals surface area contributed by atoms with Crippen LogP contribution in [0.3, 0.4) is 0 Å². The minimum atomic E-state index is -0.579. The third-order valence-electron chi connectivity index (χ3n) is 6.73. The molecule has 37 heavy (non-hydrogen) atoms. The molecule has 1 aliphatic rings. The van der Waals surface area contributed by atoms with Crippen LogP contribution >= 0.6 is 23.2 Å². The number of piperidine rings is 1. The Balaban J connectivity index is 1.23. The molecule has 4 aromatic rings. The third kappa shape index (κ3) is 5.79. The Kier molecular flexibility index (Phi) is 7.74. The molecule has 192 valence electrons. The van der Waals surface area contributed by atoms with Gasteiger partial charge in [0.05, 0.1) is 23.5 Å². The second-order valence-corrected chi connectivity index (χ2v) is 10.0. The highest BCUT2D eigenvalue weighted by Crippen LogP contribution is 2.35. The lowest BCUT2D eigenvalue weighted by Gasteiger charge is -2.32. The molecule has 0 saturated carbocycles. The minimum absolute atomic E-state index is 0.0506. The average molecular weight is 543 g/mol. The summed E-state index contributed by atoms with van der Waals surface area (Å²) in [5, 5.41) is 4.89. The first-order chi connectivity index (χ1) is 17.9. The fraction of sp³-hybridized carbons (Fsp3) is 0.286. The second kappa shape index (κ2) is 11.2. The summed E-state index contributed by atoms with van der Waals surface area (Å²) in [6, 6.07) is 11.8. The molecule has 1 atom stereocenters. The number of benzene rings is 2. The van der Waals surface area contributed by atoms with Crippen molar-refractivity contribution in [3.05, 3.63) is 100 Å². The Bertz CT molecular complexity index is 1390. The minimum Gasteiger partial charge on any atom is -0.484 e. The molecular weight excluding hydrogens is 517 g/mol. The van der Waals surface area contributed by atoms with Crippen LogP contribution in [0.15, 0.2) is 67.3 Å². The van der Waals surface area contributed by atoms with Gasteiger partial charge in [0.1, 0.15) is 23.5 Å². The molecule has 3 heterocycles. The first-order valence-electron chi connectivity index (χ1n) is 12.1. The van der Waals surface area contributed by atoms with E-state index < -0.39 is 11.9 Å². The van der Waals surface area contributed by atoms with Crippen LogP contribution in [0.2, 0.25) is 10.0 Å². The molecule has 2 aromatic heterocycles. The number of hydrogen-bond acceptors (Lipinski definition) is 4. The molecule has 5 nitrogen and oxygen atoms in total. The first-order valence-corrected chi connectivity index (χ1v) is 12.9. The van der Waals surface area contributed by atoms with Gasteiger partial charge in [0.25, 0.3) is 0 Å². The highest BCUT2D eigenvalue weighted by molar-refractivity contribution is 6.36. The molecule has 1 aliphatic heterocycles. The molecule has 0 aliphatic carbocycles. The zero-order valence-electron chi connectivity index (χ0n) is 20.3. The standard InChI is InChI=1S/C28H26Cl2F2N4O/c1-18(27-24(29)6-7-26(32)28(27)30)37-23-12-20(13-33-15-23)21-14-34-36(17-21)22-8-10-35(11-9-22)16-19-4-2-3-5-25(19)31/h2-7,12-15,17-18,22H,8-11,16H2,1H3/t18-/m1/s1. The van der Waals surface area contributed by atoms with Crippen LogP contribution < -0.4 is 4.74 Å². The van der Waals surface area contributed by atoms with Crippen molar-refractivity contribution in [3.8, 4) is 16.9 Å². The van der Waals surface area contributed by atoms with Crippen molar-refractivity contribution in [3.63, 3.8) is 0 Å². The predicted octanol–water partition coefficient (Wildman–Crippen LogP) is 7.51. The van der Waals surface area contributed by atoms with Crippen LogP contribution in [0.5, 0.6) is 5.75 Å². The number of pyridine rings is 1. The summed E-state index contributed by atoms with van der Waals surface area (Å²) in [5.41, 5.74) is 2.89. The molecule has 1 fully saturated rings. The van der Waals surface area contributed by atoms with Gasteiger partial charge in [-0.3, -0.25) is 14.6 Å². The number of rotatable bonds is 7. The molecule has 2 aromatic carbocycles. The molecule has 0 spiro atoms. The fourth-order valence-electron chi connectivity index (χ4n) is 4.72. The van der Waals surface area contributed by atoms with Crippen molar-refractivity contribution in [2.75, 3.05) is 13.1 Å². The Labute approximate surface area is 224 Å². The average Bonchev–Trinajstić information content (AvgIpc) is 3.39. The SMILES string of the molecule is C[C@@H](Oc1cncc(-c2cnn(C3CCN(Cc4ccccc4F)CC3)c2)c1)c1c(Cl)ccc(F)c1Cl. The van der Waals surface area contributed by atoms with E-state index in [4.69, 9.17) is 27.9 Å². The Morgan fingerprint density at radius 3 is 2.57 bits per heavy atom. The maximum atomic E-state index is 14.0. The summed E-state index contributed by atoms with van der Waals surface area (Å²) < 4.78 is 36.0. The van der Waals surface area contributed by atoms with Crippen molar-refractivity contribution >= 4 is 23.2 Å². The lowest BCUT2D eigenvalue weighted by molar-refractivity contribution is 0.171. The molecule has 0 amide bonds. The van der Waals surface area contributed by atoms with Crippen molar-refractivity contribution in [2.24, 2.45) is 0 Å². The Morgan fingerprint density at radius 1 is 1.00 bits per heavy atom. The van der Waals surface area contributed by atoms with Gasteiger partial charge in [0, 0.05) is 59.3 Å². The third-order valence-corrected chi connectivity index (χ3v) is 7.44. The fourth-order valence-corrected chi connectivity index (χ4v) is 5.39. The van der Waals surface area contributed by atoms with E-state index in [9.17, 15) is 8.78 Å². The van der Waals surface area contributed by atoms with E-state index >= 15 is 0 Å². The van der Waals surface area contributed by atoms with E-state index in [1.54, 1.807) is 25.4 Å². The van der Waals surface area contributed by atoms with Crippen molar-refractivity contribution < 1.29 is 13.5 Å². The summed E-state index contributed by atoms with van der Waals surface area (Å²) in [7, 11) is 0. The summed E-state index contributed by atoms with van der Waals surface area (Å²) in [5.74, 6) is -0.192. The summed E-state index contributed by atoms with van der Waals surface area (Å²) in [6.07, 6.45) is 8.46. The zero-order chi connectivity index (χ0) is 25.9. The van der Waals surface area contributed by atoms with Crippen LogP contribution in [0.4, 0.5) is 8.78 Å². The van der Waals surface area contributed by atoms with Gasteiger partial charge in [0.15, 0.2) is 0 Å². The molecule has 5 rings (SSSR count). The van der Waals surface area contributed by atoms with E-state index in [-0.39, 0.29) is 16.9 Å². The lowest BCUT2D eigenvalue weighted by atomic mass is 10.0. The summed E-state index contributed by atoms with van der Waals surface area (Å²) in [4.78, 5) is 6.59. The molecule has 1 saturated heterocycles. The van der Waals surface area contributed by atoms with Gasteiger partial charge in [-0.2, -0.15) is 5.10 Å². The largest absolute Gasteiger partial charge is 0.484 e. The number of nitrogens with zero attached hydrogens (tertiary/aromatic N) is 4. The van der Waals surface area contributed by atoms with Gasteiger partial charge in [-0.1, -0.05) is 41.4 Å². The number of likely N-dealkylation sites (tertiary alicyclic amines) is 1.